The van der Waals surface area contributed by atoms with Gasteiger partial charge in [0.05, 0.1) is 31.2 Å². The number of rotatable bonds is 8. The zero-order valence-electron chi connectivity index (χ0n) is 17.4. The summed E-state index contributed by atoms with van der Waals surface area (Å²) in [6, 6.07) is 4.13. The number of hydrogen-bond donors (Lipinski definition) is 1. The van der Waals surface area contributed by atoms with Crippen molar-refractivity contribution in [1.29, 1.82) is 0 Å². The van der Waals surface area contributed by atoms with E-state index in [1.165, 1.54) is 5.56 Å². The maximum Gasteiger partial charge on any atom is 0.474 e. The third-order valence-corrected chi connectivity index (χ3v) is 6.82. The van der Waals surface area contributed by atoms with Gasteiger partial charge in [0.2, 0.25) is 0 Å². The second-order valence-corrected chi connectivity index (χ2v) is 9.74. The molecule has 2 aliphatic heterocycles. The van der Waals surface area contributed by atoms with Crippen molar-refractivity contribution in [3.8, 4) is 5.75 Å². The summed E-state index contributed by atoms with van der Waals surface area (Å²) in [5.41, 5.74) is 9.17. The lowest BCUT2D eigenvalue weighted by Crippen LogP contribution is -2.35. The lowest BCUT2D eigenvalue weighted by Gasteiger charge is -2.34. The van der Waals surface area contributed by atoms with E-state index in [4.69, 9.17) is 24.0 Å². The summed E-state index contributed by atoms with van der Waals surface area (Å²) in [7, 11) is -3.44. The van der Waals surface area contributed by atoms with Gasteiger partial charge >= 0.3 is 7.82 Å². The zero-order valence-corrected chi connectivity index (χ0v) is 18.3. The smallest absolute Gasteiger partial charge is 0.474 e. The third-order valence-electron chi connectivity index (χ3n) is 5.21. The molecule has 0 atom stereocenters. The molecule has 0 unspecified atom stereocenters. The average Bonchev–Trinajstić information content (AvgIpc) is 2.93. The molecule has 3 rings (SSSR count). The Morgan fingerprint density at radius 3 is 2.43 bits per heavy atom. The highest BCUT2D eigenvalue weighted by molar-refractivity contribution is 7.48. The van der Waals surface area contributed by atoms with Crippen LogP contribution in [0.1, 0.15) is 46.1 Å². The fourth-order valence-electron chi connectivity index (χ4n) is 3.90. The largest absolute Gasteiger partial charge is 0.487 e. The minimum atomic E-state index is -3.44. The predicted octanol–water partition coefficient (Wildman–Crippen LogP) is 4.40. The van der Waals surface area contributed by atoms with E-state index in [1.807, 2.05) is 0 Å². The van der Waals surface area contributed by atoms with E-state index >= 15 is 0 Å². The van der Waals surface area contributed by atoms with Gasteiger partial charge in [0.25, 0.3) is 0 Å². The first-order chi connectivity index (χ1) is 13.3. The number of nitrogen functional groups attached to an aromatic ring is 1. The number of phosphoric acid groups is 1. The number of ether oxygens (including phenoxy) is 1. The molecule has 0 aromatic heterocycles. The van der Waals surface area contributed by atoms with Gasteiger partial charge in [-0.05, 0) is 52.5 Å². The Kier molecular flexibility index (Phi) is 6.60. The van der Waals surface area contributed by atoms with E-state index < -0.39 is 7.82 Å². The topological polar surface area (TPSA) is 83.3 Å². The Bertz CT molecular complexity index is 722. The van der Waals surface area contributed by atoms with Gasteiger partial charge in [-0.2, -0.15) is 0 Å². The lowest BCUT2D eigenvalue weighted by molar-refractivity contribution is 0.102. The molecule has 1 aromatic rings. The number of anilines is 2. The summed E-state index contributed by atoms with van der Waals surface area (Å²) < 4.78 is 34.4. The molecule has 0 aliphatic carbocycles. The molecule has 8 heteroatoms. The minimum Gasteiger partial charge on any atom is -0.487 e. The molecule has 2 heterocycles. The van der Waals surface area contributed by atoms with Crippen LogP contribution in [-0.2, 0) is 24.6 Å². The number of benzene rings is 1. The Balaban J connectivity index is 1.57. The van der Waals surface area contributed by atoms with Gasteiger partial charge in [-0.15, -0.1) is 0 Å². The van der Waals surface area contributed by atoms with Gasteiger partial charge in [0.15, 0.2) is 0 Å². The summed E-state index contributed by atoms with van der Waals surface area (Å²) in [6.45, 7) is 10.5. The minimum absolute atomic E-state index is 0.174. The first-order valence-electron chi connectivity index (χ1n) is 10.2. The van der Waals surface area contributed by atoms with Crippen molar-refractivity contribution in [2.75, 3.05) is 43.5 Å². The number of hydrogen-bond acceptors (Lipinski definition) is 7. The molecule has 7 nitrogen and oxygen atoms in total. The molecule has 1 saturated heterocycles. The molecule has 0 radical (unpaired) electrons. The van der Waals surface area contributed by atoms with Crippen LogP contribution in [0.5, 0.6) is 5.75 Å². The van der Waals surface area contributed by atoms with E-state index in [0.717, 1.165) is 49.5 Å². The molecule has 1 aromatic carbocycles. The number of piperidine rings is 1. The fourth-order valence-corrected chi connectivity index (χ4v) is 5.15. The predicted molar refractivity (Wildman–Crippen MR) is 111 cm³/mol. The summed E-state index contributed by atoms with van der Waals surface area (Å²) in [6.07, 6.45) is 2.74. The van der Waals surface area contributed by atoms with Crippen molar-refractivity contribution in [1.82, 2.24) is 0 Å². The van der Waals surface area contributed by atoms with E-state index in [2.05, 4.69) is 30.9 Å². The highest BCUT2D eigenvalue weighted by Crippen LogP contribution is 2.50. The monoisotopic (exact) mass is 412 g/mol. The van der Waals surface area contributed by atoms with Crippen LogP contribution in [0, 0.1) is 5.92 Å². The number of nitrogens with zero attached hydrogens (tertiary/aromatic N) is 1. The highest BCUT2D eigenvalue weighted by atomic mass is 31.2. The van der Waals surface area contributed by atoms with E-state index in [9.17, 15) is 4.57 Å². The summed E-state index contributed by atoms with van der Waals surface area (Å²) in [4.78, 5) is 2.30. The molecule has 0 bridgehead atoms. The molecular formula is C20H33N2O5P. The first-order valence-corrected chi connectivity index (χ1v) is 11.6. The van der Waals surface area contributed by atoms with Crippen LogP contribution >= 0.6 is 7.82 Å². The summed E-state index contributed by atoms with van der Waals surface area (Å²) in [5, 5.41) is 0. The van der Waals surface area contributed by atoms with Crippen LogP contribution < -0.4 is 15.4 Å². The van der Waals surface area contributed by atoms with Gasteiger partial charge in [-0.25, -0.2) is 4.57 Å². The number of nitrogens with two attached hydrogens (primary N) is 1. The molecule has 158 valence electrons. The molecule has 0 spiro atoms. The highest BCUT2D eigenvalue weighted by Gasteiger charge is 2.32. The Labute approximate surface area is 168 Å². The number of fused-ring (bicyclic) bond motifs is 1. The van der Waals surface area contributed by atoms with E-state index in [1.54, 1.807) is 13.8 Å². The number of phosphoric ester groups is 1. The van der Waals surface area contributed by atoms with Gasteiger partial charge in [0, 0.05) is 31.1 Å². The Hall–Kier alpha value is -1.27. The Morgan fingerprint density at radius 2 is 1.82 bits per heavy atom. The van der Waals surface area contributed by atoms with Crippen molar-refractivity contribution >= 4 is 19.2 Å². The molecule has 0 amide bonds. The third kappa shape index (κ3) is 5.01. The maximum absolute atomic E-state index is 12.4. The Morgan fingerprint density at radius 1 is 1.18 bits per heavy atom. The second-order valence-electron chi connectivity index (χ2n) is 8.07. The normalized spacial score (nSPS) is 19.5. The van der Waals surface area contributed by atoms with Crippen molar-refractivity contribution in [3.05, 3.63) is 17.7 Å². The van der Waals surface area contributed by atoms with Gasteiger partial charge < -0.3 is 15.4 Å². The summed E-state index contributed by atoms with van der Waals surface area (Å²) >= 11 is 0. The summed E-state index contributed by atoms with van der Waals surface area (Å²) in [5.74, 6) is 1.25. The van der Waals surface area contributed by atoms with Crippen LogP contribution in [0.3, 0.4) is 0 Å². The molecule has 1 fully saturated rings. The van der Waals surface area contributed by atoms with E-state index in [0.29, 0.717) is 25.7 Å². The molecule has 28 heavy (non-hydrogen) atoms. The fraction of sp³-hybridized carbons (Fsp3) is 0.700. The van der Waals surface area contributed by atoms with Gasteiger partial charge in [-0.3, -0.25) is 13.6 Å². The standard InChI is InChI=1S/C20H33N2O5P/c1-5-24-28(23,25-6-2)26-14-15-7-9-22(10-8-15)18-12-19-16(11-17(18)21)13-20(3,4)27-19/h11-12,15H,5-10,13-14,21H2,1-4H3. The van der Waals surface area contributed by atoms with Crippen LogP contribution in [0.2, 0.25) is 0 Å². The van der Waals surface area contributed by atoms with Gasteiger partial charge in [-0.1, -0.05) is 0 Å². The van der Waals surface area contributed by atoms with Crippen molar-refractivity contribution in [3.63, 3.8) is 0 Å². The van der Waals surface area contributed by atoms with Crippen molar-refractivity contribution < 1.29 is 22.9 Å². The lowest BCUT2D eigenvalue weighted by atomic mass is 9.96. The van der Waals surface area contributed by atoms with Crippen molar-refractivity contribution in [2.24, 2.45) is 5.92 Å². The van der Waals surface area contributed by atoms with Gasteiger partial charge in [0.1, 0.15) is 11.4 Å². The van der Waals surface area contributed by atoms with Crippen LogP contribution in [-0.4, -0.2) is 38.5 Å². The van der Waals surface area contributed by atoms with Crippen LogP contribution in [0.25, 0.3) is 0 Å². The quantitative estimate of drug-likeness (QED) is 0.501. The zero-order chi connectivity index (χ0) is 20.4. The SMILES string of the molecule is CCOP(=O)(OCC)OCC1CCN(c2cc3c(cc2N)CC(C)(C)O3)CC1. The van der Waals surface area contributed by atoms with Crippen LogP contribution in [0.4, 0.5) is 11.4 Å². The molecule has 0 saturated carbocycles. The molecule has 2 N–H and O–H groups in total. The molecular weight excluding hydrogens is 379 g/mol. The molecule has 2 aliphatic rings. The second kappa shape index (κ2) is 8.62. The van der Waals surface area contributed by atoms with E-state index in [-0.39, 0.29) is 5.60 Å². The van der Waals surface area contributed by atoms with Crippen molar-refractivity contribution in [2.45, 2.75) is 52.6 Å². The van der Waals surface area contributed by atoms with Crippen LogP contribution in [0.15, 0.2) is 12.1 Å². The maximum atomic E-state index is 12.4. The average molecular weight is 412 g/mol. The first kappa shape index (κ1) is 21.4.